The lowest BCUT2D eigenvalue weighted by Gasteiger charge is -2.16. The second kappa shape index (κ2) is 9.82. The molecule has 2 aromatic carbocycles. The molecule has 0 saturated carbocycles. The zero-order chi connectivity index (χ0) is 18.9. The minimum Gasteiger partial charge on any atom is -0.491 e. The average molecular weight is 374 g/mol. The molecular formula is C19H22N2O4S. The first-order valence-electron chi connectivity index (χ1n) is 8.24. The van der Waals surface area contributed by atoms with Crippen molar-refractivity contribution in [1.29, 1.82) is 0 Å². The van der Waals surface area contributed by atoms with Gasteiger partial charge in [0.2, 0.25) is 5.91 Å². The maximum absolute atomic E-state index is 12.0. The van der Waals surface area contributed by atoms with E-state index in [0.29, 0.717) is 18.1 Å². The molecule has 0 bridgehead atoms. The summed E-state index contributed by atoms with van der Waals surface area (Å²) in [5.74, 6) is 1.71. The van der Waals surface area contributed by atoms with Gasteiger partial charge in [-0.1, -0.05) is 30.3 Å². The van der Waals surface area contributed by atoms with Crippen LogP contribution in [0.3, 0.4) is 0 Å². The van der Waals surface area contributed by atoms with Crippen LogP contribution in [0.1, 0.15) is 18.1 Å². The first kappa shape index (κ1) is 19.8. The fourth-order valence-corrected chi connectivity index (χ4v) is 3.07. The van der Waals surface area contributed by atoms with E-state index in [1.807, 2.05) is 38.1 Å². The lowest BCUT2D eigenvalue weighted by atomic mass is 10.2. The Hall–Kier alpha value is -2.54. The second-order valence-electron chi connectivity index (χ2n) is 5.96. The van der Waals surface area contributed by atoms with E-state index in [9.17, 15) is 14.9 Å². The number of carbonyl (C=O) groups is 1. The number of hydrogen-bond donors (Lipinski definition) is 1. The van der Waals surface area contributed by atoms with E-state index in [1.54, 1.807) is 12.1 Å². The summed E-state index contributed by atoms with van der Waals surface area (Å²) in [6, 6.07) is 14.0. The maximum Gasteiger partial charge on any atom is 0.269 e. The van der Waals surface area contributed by atoms with E-state index in [2.05, 4.69) is 5.32 Å². The molecular weight excluding hydrogens is 352 g/mol. The van der Waals surface area contributed by atoms with Gasteiger partial charge in [0.05, 0.1) is 16.7 Å². The first-order valence-corrected chi connectivity index (χ1v) is 9.40. The molecule has 7 heteroatoms. The molecule has 0 heterocycles. The summed E-state index contributed by atoms with van der Waals surface area (Å²) in [5.41, 5.74) is 2.08. The third kappa shape index (κ3) is 6.40. The van der Waals surface area contributed by atoms with Gasteiger partial charge in [-0.2, -0.15) is 0 Å². The smallest absolute Gasteiger partial charge is 0.269 e. The third-order valence-electron chi connectivity index (χ3n) is 3.64. The van der Waals surface area contributed by atoms with Crippen LogP contribution < -0.4 is 10.1 Å². The van der Waals surface area contributed by atoms with Gasteiger partial charge in [0.25, 0.3) is 5.69 Å². The largest absolute Gasteiger partial charge is 0.491 e. The molecule has 0 aliphatic rings. The minimum absolute atomic E-state index is 0.0576. The molecule has 0 aliphatic carbocycles. The summed E-state index contributed by atoms with van der Waals surface area (Å²) >= 11 is 1.46. The zero-order valence-electron chi connectivity index (χ0n) is 14.8. The van der Waals surface area contributed by atoms with Crippen LogP contribution in [0.2, 0.25) is 0 Å². The van der Waals surface area contributed by atoms with Crippen LogP contribution in [0.15, 0.2) is 48.5 Å². The van der Waals surface area contributed by atoms with Gasteiger partial charge in [-0.15, -0.1) is 11.8 Å². The Labute approximate surface area is 157 Å². The highest BCUT2D eigenvalue weighted by Gasteiger charge is 2.10. The Bertz CT molecular complexity index is 749. The molecule has 2 rings (SSSR count). The van der Waals surface area contributed by atoms with Crippen LogP contribution in [0.5, 0.6) is 5.75 Å². The van der Waals surface area contributed by atoms with Gasteiger partial charge < -0.3 is 10.1 Å². The molecule has 0 fully saturated rings. The molecule has 2 aromatic rings. The van der Waals surface area contributed by atoms with Gasteiger partial charge in [0, 0.05) is 17.9 Å². The van der Waals surface area contributed by atoms with Gasteiger partial charge in [0.1, 0.15) is 12.4 Å². The number of amides is 1. The van der Waals surface area contributed by atoms with Crippen molar-refractivity contribution >= 4 is 23.4 Å². The van der Waals surface area contributed by atoms with Crippen LogP contribution in [-0.4, -0.2) is 29.2 Å². The number of nitrogens with one attached hydrogen (secondary N) is 1. The summed E-state index contributed by atoms with van der Waals surface area (Å²) in [7, 11) is 0. The predicted octanol–water partition coefficient (Wildman–Crippen LogP) is 3.72. The number of nitrogens with zero attached hydrogens (tertiary/aromatic N) is 1. The quantitative estimate of drug-likeness (QED) is 0.534. The number of hydrogen-bond acceptors (Lipinski definition) is 5. The molecule has 0 unspecified atom stereocenters. The Kier molecular flexibility index (Phi) is 7.47. The Morgan fingerprint density at radius 2 is 1.92 bits per heavy atom. The maximum atomic E-state index is 12.0. The van der Waals surface area contributed by atoms with E-state index in [-0.39, 0.29) is 17.6 Å². The van der Waals surface area contributed by atoms with Crippen molar-refractivity contribution in [2.24, 2.45) is 0 Å². The number of non-ortho nitro benzene ring substituents is 1. The van der Waals surface area contributed by atoms with Crippen molar-refractivity contribution < 1.29 is 14.5 Å². The van der Waals surface area contributed by atoms with Crippen molar-refractivity contribution in [3.05, 3.63) is 69.8 Å². The number of nitro benzene ring substituents is 1. The molecule has 6 nitrogen and oxygen atoms in total. The average Bonchev–Trinajstić information content (AvgIpc) is 2.61. The highest BCUT2D eigenvalue weighted by Crippen LogP contribution is 2.17. The molecule has 1 amide bonds. The zero-order valence-corrected chi connectivity index (χ0v) is 15.6. The Morgan fingerprint density at radius 1 is 1.23 bits per heavy atom. The molecule has 0 radical (unpaired) electrons. The van der Waals surface area contributed by atoms with Gasteiger partial charge in [0.15, 0.2) is 0 Å². The summed E-state index contributed by atoms with van der Waals surface area (Å²) in [6.07, 6.45) is 0. The number of rotatable bonds is 9. The number of para-hydroxylation sites is 1. The van der Waals surface area contributed by atoms with E-state index < -0.39 is 4.92 Å². The molecule has 1 N–H and O–H groups in total. The number of aryl methyl sites for hydroxylation is 1. The fourth-order valence-electron chi connectivity index (χ4n) is 2.27. The van der Waals surface area contributed by atoms with Crippen molar-refractivity contribution in [3.8, 4) is 5.75 Å². The summed E-state index contributed by atoms with van der Waals surface area (Å²) < 4.78 is 5.73. The number of benzene rings is 2. The lowest BCUT2D eigenvalue weighted by molar-refractivity contribution is -0.384. The number of ether oxygens (including phenoxy) is 1. The standard InChI is InChI=1S/C19H22N2O4S/c1-14-5-3-4-6-18(14)25-11-15(2)20-19(22)13-26-12-16-7-9-17(10-8-16)21(23)24/h3-10,15H,11-13H2,1-2H3,(H,20,22)/t15-/m1/s1. The van der Waals surface area contributed by atoms with Crippen LogP contribution in [0.25, 0.3) is 0 Å². The van der Waals surface area contributed by atoms with Crippen LogP contribution >= 0.6 is 11.8 Å². The summed E-state index contributed by atoms with van der Waals surface area (Å²) in [6.45, 7) is 4.29. The Morgan fingerprint density at radius 3 is 2.58 bits per heavy atom. The first-order chi connectivity index (χ1) is 12.5. The molecule has 0 aromatic heterocycles. The highest BCUT2D eigenvalue weighted by atomic mass is 32.2. The number of nitro groups is 1. The molecule has 1 atom stereocenters. The SMILES string of the molecule is Cc1ccccc1OC[C@@H](C)NC(=O)CSCc1ccc([N+](=O)[O-])cc1. The van der Waals surface area contributed by atoms with E-state index in [0.717, 1.165) is 16.9 Å². The van der Waals surface area contributed by atoms with E-state index in [4.69, 9.17) is 4.74 Å². The van der Waals surface area contributed by atoms with Crippen molar-refractivity contribution in [2.45, 2.75) is 25.6 Å². The molecule has 0 saturated heterocycles. The second-order valence-corrected chi connectivity index (χ2v) is 6.95. The highest BCUT2D eigenvalue weighted by molar-refractivity contribution is 7.99. The number of carbonyl (C=O) groups excluding carboxylic acids is 1. The van der Waals surface area contributed by atoms with Crippen LogP contribution in [-0.2, 0) is 10.5 Å². The van der Waals surface area contributed by atoms with E-state index in [1.165, 1.54) is 23.9 Å². The molecule has 0 spiro atoms. The van der Waals surface area contributed by atoms with E-state index >= 15 is 0 Å². The number of thioether (sulfide) groups is 1. The van der Waals surface area contributed by atoms with Gasteiger partial charge in [-0.25, -0.2) is 0 Å². The molecule has 26 heavy (non-hydrogen) atoms. The lowest BCUT2D eigenvalue weighted by Crippen LogP contribution is -2.37. The monoisotopic (exact) mass is 374 g/mol. The minimum atomic E-state index is -0.426. The normalized spacial score (nSPS) is 11.6. The topological polar surface area (TPSA) is 81.5 Å². The summed E-state index contributed by atoms with van der Waals surface area (Å²) in [4.78, 5) is 22.2. The molecule has 0 aliphatic heterocycles. The van der Waals surface area contributed by atoms with Gasteiger partial charge >= 0.3 is 0 Å². The molecule has 138 valence electrons. The van der Waals surface area contributed by atoms with Gasteiger partial charge in [-0.3, -0.25) is 14.9 Å². The van der Waals surface area contributed by atoms with Crippen molar-refractivity contribution in [3.63, 3.8) is 0 Å². The van der Waals surface area contributed by atoms with Crippen LogP contribution in [0, 0.1) is 17.0 Å². The third-order valence-corrected chi connectivity index (χ3v) is 4.64. The summed E-state index contributed by atoms with van der Waals surface area (Å²) in [5, 5.41) is 13.5. The van der Waals surface area contributed by atoms with Crippen molar-refractivity contribution in [2.75, 3.05) is 12.4 Å². The van der Waals surface area contributed by atoms with Crippen LogP contribution in [0.4, 0.5) is 5.69 Å². The van der Waals surface area contributed by atoms with Gasteiger partial charge in [-0.05, 0) is 31.0 Å². The fraction of sp³-hybridized carbons (Fsp3) is 0.316. The predicted molar refractivity (Wildman–Crippen MR) is 104 cm³/mol. The van der Waals surface area contributed by atoms with Crippen molar-refractivity contribution in [1.82, 2.24) is 5.32 Å². The Balaban J connectivity index is 1.68.